The minimum atomic E-state index is -1.13. The molecule has 0 saturated heterocycles. The summed E-state index contributed by atoms with van der Waals surface area (Å²) in [7, 11) is 1.48. The van der Waals surface area contributed by atoms with E-state index in [0.29, 0.717) is 0 Å². The van der Waals surface area contributed by atoms with Crippen molar-refractivity contribution in [1.29, 1.82) is 0 Å². The van der Waals surface area contributed by atoms with Gasteiger partial charge in [0.05, 0.1) is 5.60 Å². The van der Waals surface area contributed by atoms with E-state index in [1.165, 1.54) is 13.2 Å². The lowest BCUT2D eigenvalue weighted by Crippen LogP contribution is -2.45. The van der Waals surface area contributed by atoms with Crippen LogP contribution >= 0.6 is 0 Å². The number of carboxylic acid groups (broad SMARTS) is 1. The maximum absolute atomic E-state index is 11.2. The van der Waals surface area contributed by atoms with Crippen LogP contribution in [0.2, 0.25) is 0 Å². The van der Waals surface area contributed by atoms with Crippen molar-refractivity contribution < 1.29 is 24.2 Å². The van der Waals surface area contributed by atoms with Gasteiger partial charge in [0.25, 0.3) is 0 Å². The Morgan fingerprint density at radius 1 is 1.53 bits per heavy atom. The number of alkyl carbamates (subject to hydrolysis) is 1. The van der Waals surface area contributed by atoms with Crippen molar-refractivity contribution in [3.8, 4) is 0 Å². The van der Waals surface area contributed by atoms with Crippen LogP contribution in [0, 0.1) is 0 Å². The normalized spacial score (nSPS) is 12.6. The Kier molecular flexibility index (Phi) is 6.27. The van der Waals surface area contributed by atoms with Crippen LogP contribution in [0.5, 0.6) is 0 Å². The number of carboxylic acids is 1. The van der Waals surface area contributed by atoms with Gasteiger partial charge in [-0.25, -0.2) is 9.59 Å². The highest BCUT2D eigenvalue weighted by Crippen LogP contribution is 2.15. The Bertz CT molecular complexity index is 288. The molecule has 0 aromatic heterocycles. The molecule has 0 saturated carbocycles. The zero-order valence-corrected chi connectivity index (χ0v) is 10.4. The van der Waals surface area contributed by atoms with Gasteiger partial charge < -0.3 is 19.9 Å². The highest BCUT2D eigenvalue weighted by Gasteiger charge is 2.29. The largest absolute Gasteiger partial charge is 0.480 e. The Hall–Kier alpha value is -1.56. The lowest BCUT2D eigenvalue weighted by molar-refractivity contribution is -0.141. The van der Waals surface area contributed by atoms with E-state index in [9.17, 15) is 9.59 Å². The van der Waals surface area contributed by atoms with Crippen LogP contribution in [0.1, 0.15) is 20.3 Å². The molecule has 6 heteroatoms. The van der Waals surface area contributed by atoms with Gasteiger partial charge in [-0.1, -0.05) is 12.7 Å². The van der Waals surface area contributed by atoms with E-state index < -0.39 is 23.7 Å². The topological polar surface area (TPSA) is 84.9 Å². The standard InChI is InChI=1S/C11H19NO5/c1-5-6-17-10(15)12-8(9(13)14)7-11(2,3)16-4/h5,8H,1,6-7H2,2-4H3,(H,12,15)(H,13,14). The maximum Gasteiger partial charge on any atom is 0.408 e. The number of carbonyl (C=O) groups excluding carboxylic acids is 1. The SMILES string of the molecule is C=CCOC(=O)NC(CC(C)(C)OC)C(=O)O. The molecule has 0 spiro atoms. The predicted octanol–water partition coefficient (Wildman–Crippen LogP) is 1.17. The molecular weight excluding hydrogens is 226 g/mol. The highest BCUT2D eigenvalue weighted by molar-refractivity contribution is 5.79. The van der Waals surface area contributed by atoms with Gasteiger partial charge >= 0.3 is 12.1 Å². The van der Waals surface area contributed by atoms with E-state index in [-0.39, 0.29) is 13.0 Å². The first-order chi connectivity index (χ1) is 7.82. The number of ether oxygens (including phenoxy) is 2. The van der Waals surface area contributed by atoms with E-state index in [0.717, 1.165) is 0 Å². The summed E-state index contributed by atoms with van der Waals surface area (Å²) in [6, 6.07) is -1.05. The third kappa shape index (κ3) is 6.57. The second kappa shape index (κ2) is 6.90. The number of nitrogens with one attached hydrogen (secondary N) is 1. The lowest BCUT2D eigenvalue weighted by atomic mass is 9.99. The molecule has 1 amide bonds. The van der Waals surface area contributed by atoms with Crippen LogP contribution in [-0.2, 0) is 14.3 Å². The summed E-state index contributed by atoms with van der Waals surface area (Å²) in [6.45, 7) is 6.88. The maximum atomic E-state index is 11.2. The van der Waals surface area contributed by atoms with Gasteiger partial charge in [0.2, 0.25) is 0 Å². The number of methoxy groups -OCH3 is 1. The second-order valence-corrected chi connectivity index (χ2v) is 4.09. The summed E-state index contributed by atoms with van der Waals surface area (Å²) in [4.78, 5) is 22.2. The van der Waals surface area contributed by atoms with Gasteiger partial charge in [-0.2, -0.15) is 0 Å². The highest BCUT2D eigenvalue weighted by atomic mass is 16.5. The Morgan fingerprint density at radius 2 is 2.12 bits per heavy atom. The molecule has 0 aliphatic carbocycles. The van der Waals surface area contributed by atoms with Crippen molar-refractivity contribution >= 4 is 12.1 Å². The molecule has 1 unspecified atom stereocenters. The number of aliphatic carboxylic acids is 1. The van der Waals surface area contributed by atoms with Crippen LogP contribution in [0.3, 0.4) is 0 Å². The van der Waals surface area contributed by atoms with Crippen molar-refractivity contribution in [2.75, 3.05) is 13.7 Å². The molecular formula is C11H19NO5. The van der Waals surface area contributed by atoms with E-state index in [2.05, 4.69) is 16.6 Å². The quantitative estimate of drug-likeness (QED) is 0.657. The number of hydrogen-bond donors (Lipinski definition) is 2. The van der Waals surface area contributed by atoms with Gasteiger partial charge in [0, 0.05) is 13.5 Å². The average Bonchev–Trinajstić information content (AvgIpc) is 2.25. The van der Waals surface area contributed by atoms with Crippen molar-refractivity contribution in [1.82, 2.24) is 5.32 Å². The van der Waals surface area contributed by atoms with Gasteiger partial charge in [-0.05, 0) is 13.8 Å². The second-order valence-electron chi connectivity index (χ2n) is 4.09. The van der Waals surface area contributed by atoms with Crippen LogP contribution in [0.4, 0.5) is 4.79 Å². The minimum Gasteiger partial charge on any atom is -0.480 e. The molecule has 0 aliphatic rings. The molecule has 0 aliphatic heterocycles. The third-order valence-corrected chi connectivity index (χ3v) is 2.17. The first kappa shape index (κ1) is 15.4. The van der Waals surface area contributed by atoms with Gasteiger partial charge in [-0.3, -0.25) is 0 Å². The third-order valence-electron chi connectivity index (χ3n) is 2.17. The van der Waals surface area contributed by atoms with E-state index in [1.807, 2.05) is 0 Å². The molecule has 0 heterocycles. The molecule has 0 fully saturated rings. The van der Waals surface area contributed by atoms with Crippen LogP contribution in [-0.4, -0.2) is 42.5 Å². The first-order valence-corrected chi connectivity index (χ1v) is 5.14. The predicted molar refractivity (Wildman–Crippen MR) is 61.8 cm³/mol. The van der Waals surface area contributed by atoms with Crippen molar-refractivity contribution in [3.05, 3.63) is 12.7 Å². The minimum absolute atomic E-state index is 0.0336. The summed E-state index contributed by atoms with van der Waals surface area (Å²) in [5.74, 6) is -1.13. The number of amides is 1. The monoisotopic (exact) mass is 245 g/mol. The Morgan fingerprint density at radius 3 is 2.53 bits per heavy atom. The summed E-state index contributed by atoms with van der Waals surface area (Å²) < 4.78 is 9.76. The number of carbonyl (C=O) groups is 2. The number of hydrogen-bond acceptors (Lipinski definition) is 4. The Labute approximate surface area is 101 Å². The van der Waals surface area contributed by atoms with Crippen molar-refractivity contribution in [2.24, 2.45) is 0 Å². The Balaban J connectivity index is 4.39. The molecule has 1 atom stereocenters. The molecule has 0 radical (unpaired) electrons. The molecule has 0 aromatic carbocycles. The molecule has 6 nitrogen and oxygen atoms in total. The fourth-order valence-corrected chi connectivity index (χ4v) is 1.09. The molecule has 0 rings (SSSR count). The lowest BCUT2D eigenvalue weighted by Gasteiger charge is -2.26. The van der Waals surface area contributed by atoms with E-state index in [4.69, 9.17) is 9.84 Å². The fourth-order valence-electron chi connectivity index (χ4n) is 1.09. The van der Waals surface area contributed by atoms with Gasteiger partial charge in [-0.15, -0.1) is 0 Å². The van der Waals surface area contributed by atoms with Crippen LogP contribution in [0.15, 0.2) is 12.7 Å². The zero-order valence-electron chi connectivity index (χ0n) is 10.4. The summed E-state index contributed by atoms with van der Waals surface area (Å²) in [5.41, 5.74) is -0.644. The number of rotatable bonds is 7. The van der Waals surface area contributed by atoms with Crippen LogP contribution < -0.4 is 5.32 Å². The molecule has 98 valence electrons. The van der Waals surface area contributed by atoms with Gasteiger partial charge in [0.15, 0.2) is 0 Å². The summed E-state index contributed by atoms with van der Waals surface area (Å²) >= 11 is 0. The summed E-state index contributed by atoms with van der Waals surface area (Å²) in [6.07, 6.45) is 0.750. The van der Waals surface area contributed by atoms with Crippen LogP contribution in [0.25, 0.3) is 0 Å². The first-order valence-electron chi connectivity index (χ1n) is 5.14. The van der Waals surface area contributed by atoms with E-state index >= 15 is 0 Å². The smallest absolute Gasteiger partial charge is 0.408 e. The zero-order chi connectivity index (χ0) is 13.5. The van der Waals surface area contributed by atoms with E-state index in [1.54, 1.807) is 13.8 Å². The molecule has 17 heavy (non-hydrogen) atoms. The van der Waals surface area contributed by atoms with Gasteiger partial charge in [0.1, 0.15) is 12.6 Å². The molecule has 2 N–H and O–H groups in total. The molecule has 0 aromatic rings. The fraction of sp³-hybridized carbons (Fsp3) is 0.636. The van der Waals surface area contributed by atoms with Crippen molar-refractivity contribution in [3.63, 3.8) is 0 Å². The molecule has 0 bridgehead atoms. The van der Waals surface area contributed by atoms with Crippen molar-refractivity contribution in [2.45, 2.75) is 31.9 Å². The summed E-state index contributed by atoms with van der Waals surface area (Å²) in [5, 5.41) is 11.2. The average molecular weight is 245 g/mol.